The zero-order chi connectivity index (χ0) is 10.7. The highest BCUT2D eigenvalue weighted by Gasteiger charge is 2.28. The quantitative estimate of drug-likeness (QED) is 0.573. The molecule has 1 heterocycles. The summed E-state index contributed by atoms with van der Waals surface area (Å²) in [5, 5.41) is 11.6. The summed E-state index contributed by atoms with van der Waals surface area (Å²) in [6.45, 7) is 1.94. The van der Waals surface area contributed by atoms with Gasteiger partial charge in [0.15, 0.2) is 0 Å². The van der Waals surface area contributed by atoms with E-state index in [9.17, 15) is 0 Å². The summed E-state index contributed by atoms with van der Waals surface area (Å²) < 4.78 is 0. The molecule has 82 valence electrons. The van der Waals surface area contributed by atoms with Crippen LogP contribution in [0.4, 0.5) is 0 Å². The van der Waals surface area contributed by atoms with Crippen LogP contribution in [-0.2, 0) is 6.54 Å². The molecule has 0 aliphatic heterocycles. The summed E-state index contributed by atoms with van der Waals surface area (Å²) in [4.78, 5) is 2.45. The second kappa shape index (κ2) is 4.77. The van der Waals surface area contributed by atoms with Crippen molar-refractivity contribution in [2.24, 2.45) is 5.73 Å². The molecule has 1 saturated carbocycles. The predicted octanol–water partition coefficient (Wildman–Crippen LogP) is 2.04. The van der Waals surface area contributed by atoms with Gasteiger partial charge in [-0.05, 0) is 35.2 Å². The smallest absolute Gasteiger partial charge is 0.0918 e. The van der Waals surface area contributed by atoms with Crippen molar-refractivity contribution in [2.45, 2.75) is 31.8 Å². The zero-order valence-electron chi connectivity index (χ0n) is 8.78. The molecule has 1 aliphatic rings. The molecule has 3 N–H and O–H groups in total. The minimum Gasteiger partial charge on any atom is -0.388 e. The maximum atomic E-state index is 7.25. The number of hydrogen-bond acceptors (Lipinski definition) is 3. The van der Waals surface area contributed by atoms with Crippen LogP contribution in [0.5, 0.6) is 0 Å². The summed E-state index contributed by atoms with van der Waals surface area (Å²) in [5.41, 5.74) is 6.78. The van der Waals surface area contributed by atoms with Gasteiger partial charge in [-0.25, -0.2) is 0 Å². The Morgan fingerprint density at radius 3 is 2.93 bits per heavy atom. The lowest BCUT2D eigenvalue weighted by atomic mass is 10.2. The fourth-order valence-electron chi connectivity index (χ4n) is 1.71. The van der Waals surface area contributed by atoms with Crippen LogP contribution in [0, 0.1) is 5.41 Å². The minimum atomic E-state index is 0.297. The van der Waals surface area contributed by atoms with Crippen LogP contribution in [0.3, 0.4) is 0 Å². The number of thiophene rings is 1. The molecular formula is C11H17N3S. The summed E-state index contributed by atoms with van der Waals surface area (Å²) in [7, 11) is 0. The van der Waals surface area contributed by atoms with Gasteiger partial charge in [0, 0.05) is 25.6 Å². The third kappa shape index (κ3) is 3.32. The van der Waals surface area contributed by atoms with Crippen molar-refractivity contribution in [3.63, 3.8) is 0 Å². The molecule has 2 rings (SSSR count). The first-order chi connectivity index (χ1) is 7.25. The van der Waals surface area contributed by atoms with Crippen LogP contribution >= 0.6 is 11.3 Å². The average molecular weight is 223 g/mol. The van der Waals surface area contributed by atoms with Gasteiger partial charge in [-0.3, -0.25) is 10.3 Å². The van der Waals surface area contributed by atoms with Crippen LogP contribution in [0.1, 0.15) is 24.8 Å². The first-order valence-electron chi connectivity index (χ1n) is 5.34. The average Bonchev–Trinajstić information content (AvgIpc) is 2.91. The number of rotatable bonds is 6. The Morgan fingerprint density at radius 1 is 1.60 bits per heavy atom. The normalized spacial score (nSPS) is 15.8. The Morgan fingerprint density at radius 2 is 2.40 bits per heavy atom. The van der Waals surface area contributed by atoms with E-state index in [-0.39, 0.29) is 0 Å². The summed E-state index contributed by atoms with van der Waals surface area (Å²) >= 11 is 1.74. The molecule has 0 bridgehead atoms. The van der Waals surface area contributed by atoms with Crippen molar-refractivity contribution >= 4 is 17.2 Å². The topological polar surface area (TPSA) is 53.1 Å². The maximum Gasteiger partial charge on any atom is 0.0918 e. The molecule has 1 fully saturated rings. The molecule has 0 amide bonds. The molecule has 1 aromatic rings. The monoisotopic (exact) mass is 223 g/mol. The van der Waals surface area contributed by atoms with E-state index in [1.165, 1.54) is 18.4 Å². The zero-order valence-corrected chi connectivity index (χ0v) is 9.59. The number of amidine groups is 1. The third-order valence-electron chi connectivity index (χ3n) is 2.70. The first kappa shape index (κ1) is 10.6. The van der Waals surface area contributed by atoms with Crippen LogP contribution in [0.2, 0.25) is 0 Å². The van der Waals surface area contributed by atoms with E-state index in [0.29, 0.717) is 12.3 Å². The summed E-state index contributed by atoms with van der Waals surface area (Å²) in [6.07, 6.45) is 3.31. The molecule has 0 unspecified atom stereocenters. The maximum absolute atomic E-state index is 7.25. The lowest BCUT2D eigenvalue weighted by Gasteiger charge is -2.20. The van der Waals surface area contributed by atoms with Crippen molar-refractivity contribution in [1.82, 2.24) is 4.90 Å². The van der Waals surface area contributed by atoms with Crippen LogP contribution < -0.4 is 5.73 Å². The van der Waals surface area contributed by atoms with Crippen molar-refractivity contribution in [1.29, 1.82) is 5.41 Å². The Kier molecular flexibility index (Phi) is 3.38. The Hall–Kier alpha value is -0.870. The van der Waals surface area contributed by atoms with E-state index in [1.54, 1.807) is 11.3 Å². The van der Waals surface area contributed by atoms with Gasteiger partial charge in [-0.1, -0.05) is 0 Å². The van der Waals surface area contributed by atoms with Crippen LogP contribution in [0.15, 0.2) is 16.8 Å². The molecule has 0 aromatic carbocycles. The number of nitrogens with two attached hydrogens (primary N) is 1. The fraction of sp³-hybridized carbons (Fsp3) is 0.545. The van der Waals surface area contributed by atoms with Crippen molar-refractivity contribution < 1.29 is 0 Å². The van der Waals surface area contributed by atoms with Gasteiger partial charge in [0.05, 0.1) is 5.84 Å². The lowest BCUT2D eigenvalue weighted by Crippen LogP contribution is -2.29. The summed E-state index contributed by atoms with van der Waals surface area (Å²) in [5.74, 6) is 0.297. The Labute approximate surface area is 94.4 Å². The molecule has 4 heteroatoms. The van der Waals surface area contributed by atoms with Gasteiger partial charge in [0.1, 0.15) is 0 Å². The second-order valence-corrected chi connectivity index (χ2v) is 4.89. The van der Waals surface area contributed by atoms with Gasteiger partial charge in [0.25, 0.3) is 0 Å². The van der Waals surface area contributed by atoms with E-state index in [1.807, 2.05) is 0 Å². The molecule has 1 aromatic heterocycles. The number of hydrogen-bond donors (Lipinski definition) is 2. The van der Waals surface area contributed by atoms with Crippen molar-refractivity contribution in [3.8, 4) is 0 Å². The Balaban J connectivity index is 1.86. The SMILES string of the molecule is N=C(N)CCN(Cc1ccsc1)C1CC1. The van der Waals surface area contributed by atoms with Crippen LogP contribution in [0.25, 0.3) is 0 Å². The highest BCUT2D eigenvalue weighted by atomic mass is 32.1. The Bertz CT molecular complexity index is 317. The highest BCUT2D eigenvalue weighted by Crippen LogP contribution is 2.28. The molecule has 0 radical (unpaired) electrons. The van der Waals surface area contributed by atoms with Crippen molar-refractivity contribution in [2.75, 3.05) is 6.54 Å². The van der Waals surface area contributed by atoms with E-state index in [0.717, 1.165) is 19.1 Å². The third-order valence-corrected chi connectivity index (χ3v) is 3.43. The number of nitrogens with zero attached hydrogens (tertiary/aromatic N) is 1. The van der Waals surface area contributed by atoms with Gasteiger partial charge in [0.2, 0.25) is 0 Å². The molecule has 0 atom stereocenters. The molecule has 1 aliphatic carbocycles. The predicted molar refractivity (Wildman–Crippen MR) is 64.3 cm³/mol. The molecule has 3 nitrogen and oxygen atoms in total. The van der Waals surface area contributed by atoms with E-state index in [4.69, 9.17) is 11.1 Å². The van der Waals surface area contributed by atoms with Gasteiger partial charge in [-0.2, -0.15) is 11.3 Å². The van der Waals surface area contributed by atoms with Crippen molar-refractivity contribution in [3.05, 3.63) is 22.4 Å². The van der Waals surface area contributed by atoms with E-state index < -0.39 is 0 Å². The largest absolute Gasteiger partial charge is 0.388 e. The summed E-state index contributed by atoms with van der Waals surface area (Å²) in [6, 6.07) is 2.91. The van der Waals surface area contributed by atoms with E-state index in [2.05, 4.69) is 21.7 Å². The molecule has 0 saturated heterocycles. The highest BCUT2D eigenvalue weighted by molar-refractivity contribution is 7.07. The van der Waals surface area contributed by atoms with Gasteiger partial charge in [-0.15, -0.1) is 0 Å². The minimum absolute atomic E-state index is 0.297. The number of nitrogens with one attached hydrogen (secondary N) is 1. The second-order valence-electron chi connectivity index (χ2n) is 4.11. The van der Waals surface area contributed by atoms with Gasteiger partial charge >= 0.3 is 0 Å². The van der Waals surface area contributed by atoms with Crippen LogP contribution in [-0.4, -0.2) is 23.3 Å². The standard InChI is InChI=1S/C11H17N3S/c12-11(13)3-5-14(10-1-2-10)7-9-4-6-15-8-9/h4,6,8,10H,1-3,5,7H2,(H3,12,13). The lowest BCUT2D eigenvalue weighted by molar-refractivity contribution is 0.262. The van der Waals surface area contributed by atoms with Gasteiger partial charge < -0.3 is 5.73 Å². The molecular weight excluding hydrogens is 206 g/mol. The van der Waals surface area contributed by atoms with E-state index >= 15 is 0 Å². The molecule has 15 heavy (non-hydrogen) atoms. The fourth-order valence-corrected chi connectivity index (χ4v) is 2.37. The molecule has 0 spiro atoms. The first-order valence-corrected chi connectivity index (χ1v) is 6.28.